The van der Waals surface area contributed by atoms with Gasteiger partial charge in [0.25, 0.3) is 0 Å². The van der Waals surface area contributed by atoms with Crippen LogP contribution in [0.3, 0.4) is 0 Å². The summed E-state index contributed by atoms with van der Waals surface area (Å²) in [7, 11) is 6.03. The van der Waals surface area contributed by atoms with E-state index in [9.17, 15) is 24.0 Å². The maximum Gasteiger partial charge on any atom is 0.407 e. The van der Waals surface area contributed by atoms with E-state index in [1.807, 2.05) is 48.5 Å². The second kappa shape index (κ2) is 15.0. The number of ether oxygens (including phenoxy) is 1. The Kier molecular flexibility index (Phi) is 10.9. The van der Waals surface area contributed by atoms with Crippen molar-refractivity contribution in [2.45, 2.75) is 30.8 Å². The van der Waals surface area contributed by atoms with Crippen molar-refractivity contribution in [3.05, 3.63) is 89.7 Å². The van der Waals surface area contributed by atoms with Crippen molar-refractivity contribution < 1.29 is 28.7 Å². The predicted molar refractivity (Wildman–Crippen MR) is 167 cm³/mol. The average Bonchev–Trinajstić information content (AvgIpc) is 3.36. The molecule has 236 valence electrons. The highest BCUT2D eigenvalue weighted by atomic mass is 16.5. The van der Waals surface area contributed by atoms with E-state index in [-0.39, 0.29) is 31.4 Å². The first-order chi connectivity index (χ1) is 21.6. The lowest BCUT2D eigenvalue weighted by Crippen LogP contribution is -2.56. The molecule has 3 aromatic rings. The standard InChI is InChI=1S/C33H38N6O6/c1-34-29(40)17-27(37-33(44)45-20-26-24-13-7-5-11-22(24)23-12-6-8-14-25(23)26)31(42)36-28(16-21-10-9-15-35-18-21)32(43)39(4)19-30(41)38(2)3/h5-15,18,26-28H,16-17,19-20H2,1-4H3,(H,34,40)(H,36,42)(H,37,44)/t27-,28-/m0/s1. The van der Waals surface area contributed by atoms with Gasteiger partial charge in [-0.05, 0) is 33.9 Å². The number of hydrogen-bond donors (Lipinski definition) is 3. The van der Waals surface area contributed by atoms with Gasteiger partial charge in [0, 0.05) is 52.9 Å². The minimum Gasteiger partial charge on any atom is -0.449 e. The summed E-state index contributed by atoms with van der Waals surface area (Å²) in [6, 6.07) is 16.8. The summed E-state index contributed by atoms with van der Waals surface area (Å²) in [5, 5.41) is 7.63. The number of benzene rings is 2. The number of nitrogens with one attached hydrogen (secondary N) is 3. The number of carbonyl (C=O) groups excluding carboxylic acids is 5. The quantitative estimate of drug-likeness (QED) is 0.281. The van der Waals surface area contributed by atoms with E-state index < -0.39 is 42.3 Å². The molecule has 0 unspecified atom stereocenters. The number of rotatable bonds is 12. The van der Waals surface area contributed by atoms with Crippen molar-refractivity contribution in [1.29, 1.82) is 0 Å². The number of likely N-dealkylation sites (N-methyl/N-ethyl adjacent to an activating group) is 2. The Morgan fingerprint density at radius 2 is 1.51 bits per heavy atom. The molecule has 5 amide bonds. The number of fused-ring (bicyclic) bond motifs is 3. The number of amides is 5. The molecule has 1 heterocycles. The molecule has 12 heteroatoms. The Morgan fingerprint density at radius 1 is 0.867 bits per heavy atom. The number of aromatic nitrogens is 1. The smallest absolute Gasteiger partial charge is 0.407 e. The maximum atomic E-state index is 13.6. The Balaban J connectivity index is 1.48. The van der Waals surface area contributed by atoms with Crippen LogP contribution in [0, 0.1) is 0 Å². The molecule has 0 fully saturated rings. The summed E-state index contributed by atoms with van der Waals surface area (Å²) in [5.74, 6) is -2.29. The van der Waals surface area contributed by atoms with Crippen molar-refractivity contribution in [3.63, 3.8) is 0 Å². The second-order valence-electron chi connectivity index (χ2n) is 11.0. The van der Waals surface area contributed by atoms with Gasteiger partial charge in [-0.1, -0.05) is 54.6 Å². The van der Waals surface area contributed by atoms with Crippen molar-refractivity contribution in [2.75, 3.05) is 41.3 Å². The van der Waals surface area contributed by atoms with Crippen LogP contribution in [0.15, 0.2) is 73.1 Å². The zero-order valence-corrected chi connectivity index (χ0v) is 25.8. The Bertz CT molecular complexity index is 1500. The lowest BCUT2D eigenvalue weighted by Gasteiger charge is -2.27. The van der Waals surface area contributed by atoms with E-state index in [1.54, 1.807) is 38.6 Å². The van der Waals surface area contributed by atoms with Crippen LogP contribution in [0.25, 0.3) is 11.1 Å². The molecule has 2 aromatic carbocycles. The van der Waals surface area contributed by atoms with Crippen LogP contribution in [0.2, 0.25) is 0 Å². The number of carbonyl (C=O) groups is 5. The molecule has 0 bridgehead atoms. The highest BCUT2D eigenvalue weighted by Gasteiger charge is 2.32. The number of pyridine rings is 1. The van der Waals surface area contributed by atoms with Crippen LogP contribution >= 0.6 is 0 Å². The molecule has 4 rings (SSSR count). The molecule has 45 heavy (non-hydrogen) atoms. The summed E-state index contributed by atoms with van der Waals surface area (Å²) in [6.07, 6.45) is 1.93. The van der Waals surface area contributed by atoms with Gasteiger partial charge >= 0.3 is 6.09 Å². The van der Waals surface area contributed by atoms with E-state index in [2.05, 4.69) is 20.9 Å². The molecular formula is C33H38N6O6. The molecule has 1 aliphatic rings. The molecule has 0 saturated heterocycles. The monoisotopic (exact) mass is 614 g/mol. The average molecular weight is 615 g/mol. The molecule has 3 N–H and O–H groups in total. The summed E-state index contributed by atoms with van der Waals surface area (Å²) in [4.78, 5) is 71.3. The van der Waals surface area contributed by atoms with Gasteiger partial charge in [-0.2, -0.15) is 0 Å². The first-order valence-corrected chi connectivity index (χ1v) is 14.6. The van der Waals surface area contributed by atoms with Crippen LogP contribution < -0.4 is 16.0 Å². The highest BCUT2D eigenvalue weighted by Crippen LogP contribution is 2.44. The largest absolute Gasteiger partial charge is 0.449 e. The lowest BCUT2D eigenvalue weighted by atomic mass is 9.98. The molecule has 1 aromatic heterocycles. The number of hydrogen-bond acceptors (Lipinski definition) is 7. The van der Waals surface area contributed by atoms with Gasteiger partial charge in [-0.25, -0.2) is 4.79 Å². The summed E-state index contributed by atoms with van der Waals surface area (Å²) < 4.78 is 5.60. The predicted octanol–water partition coefficient (Wildman–Crippen LogP) is 1.70. The minimum absolute atomic E-state index is 0.0149. The molecule has 0 aliphatic heterocycles. The molecule has 1 aliphatic carbocycles. The Labute approximate surface area is 262 Å². The lowest BCUT2D eigenvalue weighted by molar-refractivity contribution is -0.140. The SMILES string of the molecule is CNC(=O)C[C@H](NC(=O)OCC1c2ccccc2-c2ccccc21)C(=O)N[C@@H](Cc1cccnc1)C(=O)N(C)CC(=O)N(C)C. The molecule has 0 spiro atoms. The van der Waals surface area contributed by atoms with E-state index >= 15 is 0 Å². The molecular weight excluding hydrogens is 576 g/mol. The van der Waals surface area contributed by atoms with Gasteiger partial charge in [-0.3, -0.25) is 24.2 Å². The van der Waals surface area contributed by atoms with Crippen molar-refractivity contribution in [3.8, 4) is 11.1 Å². The van der Waals surface area contributed by atoms with Crippen LogP contribution in [0.4, 0.5) is 4.79 Å². The van der Waals surface area contributed by atoms with Gasteiger partial charge in [0.05, 0.1) is 13.0 Å². The number of alkyl carbamates (subject to hydrolysis) is 1. The number of nitrogens with zero attached hydrogens (tertiary/aromatic N) is 3. The van der Waals surface area contributed by atoms with E-state index in [4.69, 9.17) is 4.74 Å². The van der Waals surface area contributed by atoms with E-state index in [0.29, 0.717) is 5.56 Å². The summed E-state index contributed by atoms with van der Waals surface area (Å²) in [6.45, 7) is -0.189. The molecule has 2 atom stereocenters. The zero-order chi connectivity index (χ0) is 32.5. The first-order valence-electron chi connectivity index (χ1n) is 14.6. The van der Waals surface area contributed by atoms with Gasteiger partial charge in [-0.15, -0.1) is 0 Å². The van der Waals surface area contributed by atoms with Gasteiger partial charge in [0.2, 0.25) is 23.6 Å². The fraction of sp³-hybridized carbons (Fsp3) is 0.333. The van der Waals surface area contributed by atoms with Crippen molar-refractivity contribution in [1.82, 2.24) is 30.7 Å². The van der Waals surface area contributed by atoms with Gasteiger partial charge in [0.15, 0.2) is 0 Å². The first kappa shape index (κ1) is 32.6. The zero-order valence-electron chi connectivity index (χ0n) is 25.8. The Hall–Kier alpha value is -5.26. The molecule has 0 saturated carbocycles. The van der Waals surface area contributed by atoms with E-state index in [0.717, 1.165) is 22.3 Å². The second-order valence-corrected chi connectivity index (χ2v) is 11.0. The van der Waals surface area contributed by atoms with Gasteiger partial charge < -0.3 is 30.5 Å². The normalized spacial score (nSPS) is 13.0. The third-order valence-corrected chi connectivity index (χ3v) is 7.65. The van der Waals surface area contributed by atoms with Gasteiger partial charge in [0.1, 0.15) is 18.7 Å². The summed E-state index contributed by atoms with van der Waals surface area (Å²) >= 11 is 0. The summed E-state index contributed by atoms with van der Waals surface area (Å²) in [5.41, 5.74) is 4.86. The van der Waals surface area contributed by atoms with Crippen LogP contribution in [-0.4, -0.2) is 97.9 Å². The van der Waals surface area contributed by atoms with Crippen LogP contribution in [0.1, 0.15) is 29.0 Å². The molecule has 0 radical (unpaired) electrons. The van der Waals surface area contributed by atoms with Crippen molar-refractivity contribution in [2.24, 2.45) is 0 Å². The highest BCUT2D eigenvalue weighted by molar-refractivity contribution is 5.95. The maximum absolute atomic E-state index is 13.6. The van der Waals surface area contributed by atoms with Crippen molar-refractivity contribution >= 4 is 29.7 Å². The fourth-order valence-corrected chi connectivity index (χ4v) is 5.19. The van der Waals surface area contributed by atoms with Crippen LogP contribution in [-0.2, 0) is 30.3 Å². The van der Waals surface area contributed by atoms with E-state index in [1.165, 1.54) is 23.9 Å². The Morgan fingerprint density at radius 3 is 2.09 bits per heavy atom. The van der Waals surface area contributed by atoms with Crippen LogP contribution in [0.5, 0.6) is 0 Å². The third kappa shape index (κ3) is 8.22. The minimum atomic E-state index is -1.35. The molecule has 12 nitrogen and oxygen atoms in total. The fourth-order valence-electron chi connectivity index (χ4n) is 5.19. The third-order valence-electron chi connectivity index (χ3n) is 7.65. The topological polar surface area (TPSA) is 150 Å².